The molecule has 1 saturated heterocycles. The third-order valence-electron chi connectivity index (χ3n) is 3.80. The number of benzene rings is 1. The van der Waals surface area contributed by atoms with Crippen LogP contribution in [0.3, 0.4) is 0 Å². The third kappa shape index (κ3) is 3.77. The fourth-order valence-electron chi connectivity index (χ4n) is 2.59. The largest absolute Gasteiger partial charge is 1.00 e. The molecular formula is C17H20INO3. The molecule has 0 N–H and O–H groups in total. The van der Waals surface area contributed by atoms with Gasteiger partial charge in [-0.05, 0) is 12.1 Å². The number of rotatable bonds is 3. The molecule has 1 aromatic carbocycles. The van der Waals surface area contributed by atoms with Crippen LogP contribution in [0.15, 0.2) is 48.7 Å². The highest BCUT2D eigenvalue weighted by molar-refractivity contribution is 5.28. The van der Waals surface area contributed by atoms with Crippen molar-refractivity contribution in [2.45, 2.75) is 12.2 Å². The maximum absolute atomic E-state index is 5.88. The van der Waals surface area contributed by atoms with Gasteiger partial charge in [0.25, 0.3) is 0 Å². The summed E-state index contributed by atoms with van der Waals surface area (Å²) >= 11 is 0. The van der Waals surface area contributed by atoms with E-state index in [1.807, 2.05) is 49.6 Å². The average Bonchev–Trinajstić information content (AvgIpc) is 2.56. The lowest BCUT2D eigenvalue weighted by atomic mass is 10.1. The van der Waals surface area contributed by atoms with Crippen molar-refractivity contribution in [2.24, 2.45) is 7.05 Å². The highest BCUT2D eigenvalue weighted by Crippen LogP contribution is 2.29. The van der Waals surface area contributed by atoms with E-state index in [1.165, 1.54) is 5.69 Å². The van der Waals surface area contributed by atoms with E-state index >= 15 is 0 Å². The van der Waals surface area contributed by atoms with E-state index in [1.54, 1.807) is 7.11 Å². The first-order valence-electron chi connectivity index (χ1n) is 7.09. The second kappa shape index (κ2) is 7.89. The number of aromatic nitrogens is 1. The monoisotopic (exact) mass is 413 g/mol. The van der Waals surface area contributed by atoms with Crippen LogP contribution in [0.5, 0.6) is 5.75 Å². The Hall–Kier alpha value is -1.18. The van der Waals surface area contributed by atoms with Crippen molar-refractivity contribution in [3.63, 3.8) is 0 Å². The third-order valence-corrected chi connectivity index (χ3v) is 3.80. The molecule has 1 aromatic heterocycles. The lowest BCUT2D eigenvalue weighted by Gasteiger charge is -2.28. The summed E-state index contributed by atoms with van der Waals surface area (Å²) in [6.07, 6.45) is 1.76. The predicted octanol–water partition coefficient (Wildman–Crippen LogP) is -0.647. The minimum atomic E-state index is -0.291. The zero-order valence-electron chi connectivity index (χ0n) is 12.7. The highest BCUT2D eigenvalue weighted by Gasteiger charge is 2.29. The van der Waals surface area contributed by atoms with Gasteiger partial charge >= 0.3 is 0 Å². The second-order valence-corrected chi connectivity index (χ2v) is 5.21. The van der Waals surface area contributed by atoms with Crippen LogP contribution < -0.4 is 33.3 Å². The number of methoxy groups -OCH3 is 1. The van der Waals surface area contributed by atoms with Gasteiger partial charge < -0.3 is 38.2 Å². The van der Waals surface area contributed by atoms with E-state index in [0.717, 1.165) is 11.3 Å². The van der Waals surface area contributed by atoms with Crippen LogP contribution in [0.4, 0.5) is 0 Å². The Kier molecular flexibility index (Phi) is 6.16. The van der Waals surface area contributed by atoms with Gasteiger partial charge in [0.1, 0.15) is 12.8 Å². The molecule has 0 radical (unpaired) electrons. The molecule has 0 amide bonds. The van der Waals surface area contributed by atoms with Gasteiger partial charge in [-0.1, -0.05) is 18.2 Å². The first kappa shape index (κ1) is 17.2. The Bertz CT molecular complexity index is 595. The molecule has 0 spiro atoms. The van der Waals surface area contributed by atoms with Crippen LogP contribution >= 0.6 is 0 Å². The summed E-state index contributed by atoms with van der Waals surface area (Å²) in [7, 11) is 3.71. The van der Waals surface area contributed by atoms with Crippen LogP contribution in [0.25, 0.3) is 0 Å². The van der Waals surface area contributed by atoms with Crippen molar-refractivity contribution in [1.82, 2.24) is 0 Å². The highest BCUT2D eigenvalue weighted by atomic mass is 127. The van der Waals surface area contributed by atoms with E-state index in [0.29, 0.717) is 13.2 Å². The molecule has 22 heavy (non-hydrogen) atoms. The summed E-state index contributed by atoms with van der Waals surface area (Å²) in [5, 5.41) is 0. The van der Waals surface area contributed by atoms with E-state index in [2.05, 4.69) is 10.6 Å². The molecule has 1 fully saturated rings. The number of pyridine rings is 1. The summed E-state index contributed by atoms with van der Waals surface area (Å²) in [6.45, 7) is 1.32. The van der Waals surface area contributed by atoms with Gasteiger partial charge in [-0.3, -0.25) is 0 Å². The molecule has 1 aliphatic heterocycles. The van der Waals surface area contributed by atoms with Crippen molar-refractivity contribution >= 4 is 0 Å². The van der Waals surface area contributed by atoms with E-state index in [4.69, 9.17) is 14.2 Å². The Balaban J connectivity index is 0.00000176. The molecule has 4 nitrogen and oxygen atoms in total. The lowest BCUT2D eigenvalue weighted by molar-refractivity contribution is -0.681. The van der Waals surface area contributed by atoms with Crippen LogP contribution in [0, 0.1) is 0 Å². The van der Waals surface area contributed by atoms with Crippen molar-refractivity contribution < 1.29 is 42.8 Å². The lowest BCUT2D eigenvalue weighted by Crippen LogP contribution is -3.00. The Labute approximate surface area is 148 Å². The average molecular weight is 413 g/mol. The van der Waals surface area contributed by atoms with Crippen LogP contribution in [0.2, 0.25) is 0 Å². The Morgan fingerprint density at radius 1 is 1.05 bits per heavy atom. The maximum Gasteiger partial charge on any atom is 0.188 e. The summed E-state index contributed by atoms with van der Waals surface area (Å²) in [6, 6.07) is 14.0. The predicted molar refractivity (Wildman–Crippen MR) is 78.0 cm³/mol. The summed E-state index contributed by atoms with van der Waals surface area (Å²) < 4.78 is 19.0. The topological polar surface area (TPSA) is 31.6 Å². The SMILES string of the molecule is COc1ccc(C2OCC(c3cccc[n+]3C)CO2)cc1.[I-]. The fourth-order valence-corrected chi connectivity index (χ4v) is 2.59. The van der Waals surface area contributed by atoms with Crippen molar-refractivity contribution in [3.8, 4) is 5.75 Å². The Morgan fingerprint density at radius 2 is 1.73 bits per heavy atom. The molecule has 0 aliphatic carbocycles. The molecule has 3 rings (SSSR count). The minimum Gasteiger partial charge on any atom is -1.00 e. The number of ether oxygens (including phenoxy) is 3. The molecule has 0 saturated carbocycles. The summed E-state index contributed by atoms with van der Waals surface area (Å²) in [5.74, 6) is 1.11. The van der Waals surface area contributed by atoms with Gasteiger partial charge in [0.15, 0.2) is 18.2 Å². The van der Waals surface area contributed by atoms with Gasteiger partial charge in [-0.25, -0.2) is 4.57 Å². The van der Waals surface area contributed by atoms with Gasteiger partial charge in [-0.15, -0.1) is 0 Å². The smallest absolute Gasteiger partial charge is 0.188 e. The molecule has 2 heterocycles. The van der Waals surface area contributed by atoms with Gasteiger partial charge in [-0.2, -0.15) is 0 Å². The van der Waals surface area contributed by atoms with Gasteiger partial charge in [0.05, 0.1) is 26.2 Å². The van der Waals surface area contributed by atoms with Gasteiger partial charge in [0, 0.05) is 17.7 Å². The number of hydrogen-bond acceptors (Lipinski definition) is 3. The molecule has 0 bridgehead atoms. The molecule has 5 heteroatoms. The standard InChI is InChI=1S/C17H20NO3.HI/c1-18-10-4-3-5-16(18)14-11-20-17(21-12-14)13-6-8-15(19-2)9-7-13;/h3-10,14,17H,11-12H2,1-2H3;1H/q+1;/p-1. The Morgan fingerprint density at radius 3 is 2.32 bits per heavy atom. The summed E-state index contributed by atoms with van der Waals surface area (Å²) in [5.41, 5.74) is 2.25. The van der Waals surface area contributed by atoms with Crippen molar-refractivity contribution in [2.75, 3.05) is 20.3 Å². The van der Waals surface area contributed by atoms with E-state index in [9.17, 15) is 0 Å². The molecule has 118 valence electrons. The van der Waals surface area contributed by atoms with Crippen LogP contribution in [-0.2, 0) is 16.5 Å². The van der Waals surface area contributed by atoms with Crippen molar-refractivity contribution in [3.05, 3.63) is 59.9 Å². The first-order valence-corrected chi connectivity index (χ1v) is 7.09. The maximum atomic E-state index is 5.88. The summed E-state index contributed by atoms with van der Waals surface area (Å²) in [4.78, 5) is 0. The van der Waals surface area contributed by atoms with Crippen molar-refractivity contribution in [1.29, 1.82) is 0 Å². The molecule has 0 unspecified atom stereocenters. The minimum absolute atomic E-state index is 0. The molecule has 2 aromatic rings. The zero-order valence-corrected chi connectivity index (χ0v) is 14.9. The zero-order chi connectivity index (χ0) is 14.7. The van der Waals surface area contributed by atoms with E-state index in [-0.39, 0.29) is 36.2 Å². The van der Waals surface area contributed by atoms with Crippen LogP contribution in [-0.4, -0.2) is 20.3 Å². The number of nitrogens with zero attached hydrogens (tertiary/aromatic N) is 1. The van der Waals surface area contributed by atoms with Gasteiger partial charge in [0.2, 0.25) is 0 Å². The first-order chi connectivity index (χ1) is 10.3. The van der Waals surface area contributed by atoms with Crippen LogP contribution in [0.1, 0.15) is 23.5 Å². The number of aryl methyl sites for hydroxylation is 1. The normalized spacial score (nSPS) is 21.0. The molecule has 0 atom stereocenters. The number of halogens is 1. The second-order valence-electron chi connectivity index (χ2n) is 5.21. The molecule has 1 aliphatic rings. The van der Waals surface area contributed by atoms with E-state index < -0.39 is 0 Å². The fraction of sp³-hybridized carbons (Fsp3) is 0.353. The quantitative estimate of drug-likeness (QED) is 0.496. The number of hydrogen-bond donors (Lipinski definition) is 0. The molecular weight excluding hydrogens is 393 g/mol.